The summed E-state index contributed by atoms with van der Waals surface area (Å²) >= 11 is 0. The van der Waals surface area contributed by atoms with Crippen LogP contribution < -0.4 is 14.8 Å². The van der Waals surface area contributed by atoms with Crippen LogP contribution in [0.5, 0.6) is 11.5 Å². The number of fused-ring (bicyclic) bond motifs is 1. The Bertz CT molecular complexity index is 1230. The van der Waals surface area contributed by atoms with Gasteiger partial charge in [0.1, 0.15) is 11.5 Å². The highest BCUT2D eigenvalue weighted by Crippen LogP contribution is 2.47. The maximum Gasteiger partial charge on any atom is 0.573 e. The van der Waals surface area contributed by atoms with Crippen LogP contribution in [-0.2, 0) is 5.60 Å². The van der Waals surface area contributed by atoms with Crippen LogP contribution in [0, 0.1) is 11.3 Å². The standard InChI is InChI=1S/C27H34F3N3O3/c1-16-11-18(15-25(2,3)14-16)33-22-13-23(35-6)20(26(4,5)34)12-21(22)32-24(33)31-17-7-9-19(10-8-17)36-27(28,29)30/h7-10,12-13,16,18,34H,11,14-15H2,1-6H3,(H,31,32)/t16-,18+/m0/s1. The van der Waals surface area contributed by atoms with Crippen LogP contribution in [-0.4, -0.2) is 28.1 Å². The van der Waals surface area contributed by atoms with Crippen LogP contribution in [0.25, 0.3) is 11.0 Å². The maximum atomic E-state index is 12.6. The molecule has 1 saturated carbocycles. The van der Waals surface area contributed by atoms with Gasteiger partial charge in [0.2, 0.25) is 5.95 Å². The molecule has 0 bridgehead atoms. The first kappa shape index (κ1) is 26.1. The molecule has 1 aliphatic rings. The molecule has 0 amide bonds. The number of ether oxygens (including phenoxy) is 2. The maximum absolute atomic E-state index is 12.6. The summed E-state index contributed by atoms with van der Waals surface area (Å²) in [5, 5.41) is 14.0. The highest BCUT2D eigenvalue weighted by molar-refractivity contribution is 5.83. The average Bonchev–Trinajstić information content (AvgIpc) is 3.08. The molecule has 0 radical (unpaired) electrons. The lowest BCUT2D eigenvalue weighted by atomic mass is 9.70. The Balaban J connectivity index is 1.81. The lowest BCUT2D eigenvalue weighted by Gasteiger charge is -2.40. The zero-order chi connectivity index (χ0) is 26.5. The van der Waals surface area contributed by atoms with Crippen LogP contribution >= 0.6 is 0 Å². The third-order valence-electron chi connectivity index (χ3n) is 6.74. The van der Waals surface area contributed by atoms with E-state index in [0.717, 1.165) is 24.8 Å². The van der Waals surface area contributed by atoms with Crippen molar-refractivity contribution in [2.24, 2.45) is 11.3 Å². The van der Waals surface area contributed by atoms with Crippen molar-refractivity contribution in [1.82, 2.24) is 9.55 Å². The van der Waals surface area contributed by atoms with Crippen LogP contribution in [0.2, 0.25) is 0 Å². The quantitative estimate of drug-likeness (QED) is 0.368. The number of aromatic nitrogens is 2. The van der Waals surface area contributed by atoms with Crippen molar-refractivity contribution in [2.45, 2.75) is 71.9 Å². The minimum absolute atomic E-state index is 0.143. The molecule has 1 aromatic heterocycles. The lowest BCUT2D eigenvalue weighted by Crippen LogP contribution is -2.29. The molecule has 4 rings (SSSR count). The van der Waals surface area contributed by atoms with E-state index in [1.807, 2.05) is 12.1 Å². The molecule has 9 heteroatoms. The molecule has 1 heterocycles. The molecule has 0 saturated heterocycles. The highest BCUT2D eigenvalue weighted by Gasteiger charge is 2.35. The van der Waals surface area contributed by atoms with Crippen LogP contribution in [0.3, 0.4) is 0 Å². The van der Waals surface area contributed by atoms with Crippen molar-refractivity contribution >= 4 is 22.7 Å². The molecule has 0 aliphatic heterocycles. The van der Waals surface area contributed by atoms with Gasteiger partial charge in [-0.3, -0.25) is 0 Å². The second-order valence-electron chi connectivity index (χ2n) is 11.2. The molecule has 1 fully saturated rings. The van der Waals surface area contributed by atoms with E-state index in [4.69, 9.17) is 9.72 Å². The number of rotatable bonds is 6. The Morgan fingerprint density at radius 3 is 2.33 bits per heavy atom. The molecule has 36 heavy (non-hydrogen) atoms. The summed E-state index contributed by atoms with van der Waals surface area (Å²) in [5.74, 6) is 1.38. The molecule has 0 spiro atoms. The van der Waals surface area contributed by atoms with Crippen LogP contribution in [0.15, 0.2) is 36.4 Å². The Labute approximate surface area is 209 Å². The van der Waals surface area contributed by atoms with E-state index in [-0.39, 0.29) is 17.2 Å². The number of nitrogens with zero attached hydrogens (tertiary/aromatic N) is 2. The molecule has 1 aliphatic carbocycles. The largest absolute Gasteiger partial charge is 0.573 e. The number of alkyl halides is 3. The van der Waals surface area contributed by atoms with Crippen molar-refractivity contribution < 1.29 is 27.8 Å². The SMILES string of the molecule is COc1cc2c(cc1C(C)(C)O)nc(Nc1ccc(OC(F)(F)F)cc1)n2[C@@H]1C[C@H](C)CC(C)(C)C1. The molecule has 2 atom stereocenters. The molecular formula is C27H34F3N3O3. The van der Waals surface area contributed by atoms with Crippen molar-refractivity contribution in [2.75, 3.05) is 12.4 Å². The summed E-state index contributed by atoms with van der Waals surface area (Å²) in [7, 11) is 1.58. The predicted molar refractivity (Wildman–Crippen MR) is 134 cm³/mol. The Kier molecular flexibility index (Phi) is 6.66. The lowest BCUT2D eigenvalue weighted by molar-refractivity contribution is -0.274. The predicted octanol–water partition coefficient (Wildman–Crippen LogP) is 7.30. The van der Waals surface area contributed by atoms with Gasteiger partial charge in [0.25, 0.3) is 0 Å². The van der Waals surface area contributed by atoms with E-state index in [1.165, 1.54) is 24.3 Å². The zero-order valence-corrected chi connectivity index (χ0v) is 21.5. The Hall–Kier alpha value is -2.94. The third kappa shape index (κ3) is 5.72. The van der Waals surface area contributed by atoms with E-state index < -0.39 is 12.0 Å². The summed E-state index contributed by atoms with van der Waals surface area (Å²) in [5.41, 5.74) is 1.78. The minimum Gasteiger partial charge on any atom is -0.496 e. The topological polar surface area (TPSA) is 68.5 Å². The van der Waals surface area contributed by atoms with Gasteiger partial charge in [0.15, 0.2) is 0 Å². The average molecular weight is 506 g/mol. The minimum atomic E-state index is -4.75. The number of hydrogen-bond donors (Lipinski definition) is 2. The number of nitrogens with one attached hydrogen (secondary N) is 1. The van der Waals surface area contributed by atoms with Crippen LogP contribution in [0.4, 0.5) is 24.8 Å². The van der Waals surface area contributed by atoms with Crippen molar-refractivity contribution in [1.29, 1.82) is 0 Å². The number of halogens is 3. The Morgan fingerprint density at radius 1 is 1.11 bits per heavy atom. The fraction of sp³-hybridized carbons (Fsp3) is 0.519. The number of imidazole rings is 1. The van der Waals surface area contributed by atoms with Gasteiger partial charge in [0, 0.05) is 23.4 Å². The molecule has 2 N–H and O–H groups in total. The first-order valence-electron chi connectivity index (χ1n) is 12.1. The molecule has 6 nitrogen and oxygen atoms in total. The van der Waals surface area contributed by atoms with E-state index in [0.29, 0.717) is 34.4 Å². The third-order valence-corrected chi connectivity index (χ3v) is 6.74. The number of aliphatic hydroxyl groups is 1. The Morgan fingerprint density at radius 2 is 1.78 bits per heavy atom. The smallest absolute Gasteiger partial charge is 0.496 e. The molecule has 0 unspecified atom stereocenters. The fourth-order valence-electron chi connectivity index (χ4n) is 5.59. The van der Waals surface area contributed by atoms with E-state index in [1.54, 1.807) is 21.0 Å². The van der Waals surface area contributed by atoms with Gasteiger partial charge in [0.05, 0.1) is 23.7 Å². The van der Waals surface area contributed by atoms with Gasteiger partial charge in [-0.25, -0.2) is 4.98 Å². The molecule has 196 valence electrons. The summed E-state index contributed by atoms with van der Waals surface area (Å²) in [6, 6.07) is 9.50. The van der Waals surface area contributed by atoms with Gasteiger partial charge >= 0.3 is 6.36 Å². The fourth-order valence-corrected chi connectivity index (χ4v) is 5.59. The first-order valence-corrected chi connectivity index (χ1v) is 12.1. The van der Waals surface area contributed by atoms with Gasteiger partial charge in [-0.1, -0.05) is 20.8 Å². The van der Waals surface area contributed by atoms with E-state index >= 15 is 0 Å². The summed E-state index contributed by atoms with van der Waals surface area (Å²) in [6.07, 6.45) is -1.70. The van der Waals surface area contributed by atoms with Crippen molar-refractivity contribution in [3.05, 3.63) is 42.0 Å². The normalized spacial score (nSPS) is 20.4. The second-order valence-corrected chi connectivity index (χ2v) is 11.2. The van der Waals surface area contributed by atoms with Crippen molar-refractivity contribution in [3.63, 3.8) is 0 Å². The van der Waals surface area contributed by atoms with Crippen LogP contribution in [0.1, 0.15) is 65.5 Å². The zero-order valence-electron chi connectivity index (χ0n) is 21.5. The number of methoxy groups -OCH3 is 1. The van der Waals surface area contributed by atoms with Gasteiger partial charge < -0.3 is 24.5 Å². The summed E-state index contributed by atoms with van der Waals surface area (Å²) < 4.78 is 49.5. The summed E-state index contributed by atoms with van der Waals surface area (Å²) in [4.78, 5) is 4.86. The number of anilines is 2. The molecule has 3 aromatic rings. The number of hydrogen-bond acceptors (Lipinski definition) is 5. The molecular weight excluding hydrogens is 471 g/mol. The van der Waals surface area contributed by atoms with Gasteiger partial charge in [-0.15, -0.1) is 13.2 Å². The molecule has 2 aromatic carbocycles. The van der Waals surface area contributed by atoms with E-state index in [2.05, 4.69) is 35.4 Å². The number of benzene rings is 2. The van der Waals surface area contributed by atoms with Gasteiger partial charge in [-0.2, -0.15) is 0 Å². The monoisotopic (exact) mass is 505 g/mol. The summed E-state index contributed by atoms with van der Waals surface area (Å²) in [6.45, 7) is 10.2. The van der Waals surface area contributed by atoms with Gasteiger partial charge in [-0.05, 0) is 74.8 Å². The van der Waals surface area contributed by atoms with E-state index in [9.17, 15) is 18.3 Å². The van der Waals surface area contributed by atoms with Crippen molar-refractivity contribution in [3.8, 4) is 11.5 Å². The second kappa shape index (κ2) is 9.18. The first-order chi connectivity index (χ1) is 16.6. The highest BCUT2D eigenvalue weighted by atomic mass is 19.4.